The maximum absolute atomic E-state index is 12.5. The van der Waals surface area contributed by atoms with E-state index < -0.39 is 5.41 Å². The fraction of sp³-hybridized carbons (Fsp3) is 0.700. The molecule has 0 amide bonds. The lowest BCUT2D eigenvalue weighted by Gasteiger charge is -2.57. The Labute approximate surface area is 144 Å². The average Bonchev–Trinajstić information content (AvgIpc) is 2.96. The van der Waals surface area contributed by atoms with Gasteiger partial charge in [0.1, 0.15) is 12.4 Å². The molecule has 0 radical (unpaired) electrons. The second-order valence-corrected chi connectivity index (χ2v) is 8.17. The van der Waals surface area contributed by atoms with Gasteiger partial charge in [0.05, 0.1) is 12.0 Å². The van der Waals surface area contributed by atoms with Gasteiger partial charge in [-0.2, -0.15) is 0 Å². The first-order valence-electron chi connectivity index (χ1n) is 9.01. The Balaban J connectivity index is 1.84. The number of aliphatic hydroxyl groups excluding tert-OH is 1. The number of ketones is 1. The molecule has 2 fully saturated rings. The van der Waals surface area contributed by atoms with E-state index in [-0.39, 0.29) is 35.6 Å². The van der Waals surface area contributed by atoms with Gasteiger partial charge >= 0.3 is 5.97 Å². The number of Topliss-reactive ketones (excluding diaryl/α,β-unsaturated/α-hetero) is 1. The van der Waals surface area contributed by atoms with Crippen molar-refractivity contribution in [3.8, 4) is 0 Å². The molecule has 3 aliphatic rings. The van der Waals surface area contributed by atoms with Crippen molar-refractivity contribution in [1.29, 1.82) is 0 Å². The van der Waals surface area contributed by atoms with Gasteiger partial charge in [-0.05, 0) is 55.4 Å². The van der Waals surface area contributed by atoms with Crippen molar-refractivity contribution in [3.05, 3.63) is 23.8 Å². The van der Waals surface area contributed by atoms with Crippen molar-refractivity contribution >= 4 is 11.8 Å². The monoisotopic (exact) mass is 332 g/mol. The van der Waals surface area contributed by atoms with Crippen LogP contribution in [0.4, 0.5) is 0 Å². The van der Waals surface area contributed by atoms with Crippen molar-refractivity contribution in [3.63, 3.8) is 0 Å². The van der Waals surface area contributed by atoms with Crippen molar-refractivity contribution < 1.29 is 19.4 Å². The number of ether oxygens (including phenoxy) is 1. The average molecular weight is 332 g/mol. The molecule has 2 aliphatic carbocycles. The first-order valence-corrected chi connectivity index (χ1v) is 9.01. The van der Waals surface area contributed by atoms with Gasteiger partial charge < -0.3 is 9.84 Å². The van der Waals surface area contributed by atoms with E-state index in [1.807, 2.05) is 13.0 Å². The van der Waals surface area contributed by atoms with Crippen LogP contribution in [0, 0.1) is 22.7 Å². The van der Waals surface area contributed by atoms with E-state index in [0.29, 0.717) is 19.4 Å². The van der Waals surface area contributed by atoms with E-state index >= 15 is 0 Å². The van der Waals surface area contributed by atoms with Crippen LogP contribution in [0.2, 0.25) is 0 Å². The number of rotatable bonds is 4. The third-order valence-electron chi connectivity index (χ3n) is 6.97. The highest BCUT2D eigenvalue weighted by Crippen LogP contribution is 2.60. The van der Waals surface area contributed by atoms with Gasteiger partial charge in [-0.1, -0.05) is 26.0 Å². The third-order valence-corrected chi connectivity index (χ3v) is 6.97. The normalized spacial score (nSPS) is 39.5. The molecular weight excluding hydrogens is 304 g/mol. The standard InChI is InChI=1S/C20H28O4/c1-13-4-7-16-19(2,10-8-17(22)20(16,3)12-21)15(13)6-5-14-9-11-24-18(14)23/h9,15-16,21H,1,4-8,10-12H2,2-3H3/t15-,16-,19+,20+/m1/s1. The smallest absolute Gasteiger partial charge is 0.334 e. The molecule has 2 saturated carbocycles. The molecule has 1 N–H and O–H groups in total. The van der Waals surface area contributed by atoms with Crippen LogP contribution in [-0.4, -0.2) is 30.1 Å². The Hall–Kier alpha value is -1.42. The Kier molecular flexibility index (Phi) is 4.45. The minimum atomic E-state index is -0.641. The third kappa shape index (κ3) is 2.55. The summed E-state index contributed by atoms with van der Waals surface area (Å²) in [5.74, 6) is 0.457. The number of carbonyl (C=O) groups is 2. The van der Waals surface area contributed by atoms with Gasteiger partial charge in [-0.25, -0.2) is 4.79 Å². The highest BCUT2D eigenvalue weighted by Gasteiger charge is 2.57. The summed E-state index contributed by atoms with van der Waals surface area (Å²) >= 11 is 0. The maximum Gasteiger partial charge on any atom is 0.334 e. The number of aliphatic hydroxyl groups is 1. The molecule has 132 valence electrons. The van der Waals surface area contributed by atoms with Gasteiger partial charge in [0.25, 0.3) is 0 Å². The van der Waals surface area contributed by atoms with E-state index in [2.05, 4.69) is 13.5 Å². The van der Waals surface area contributed by atoms with E-state index in [4.69, 9.17) is 4.74 Å². The minimum absolute atomic E-state index is 0.0379. The van der Waals surface area contributed by atoms with Gasteiger partial charge in [0, 0.05) is 12.0 Å². The Morgan fingerprint density at radius 1 is 1.33 bits per heavy atom. The fourth-order valence-corrected chi connectivity index (χ4v) is 5.43. The summed E-state index contributed by atoms with van der Waals surface area (Å²) in [4.78, 5) is 24.2. The molecule has 1 heterocycles. The fourth-order valence-electron chi connectivity index (χ4n) is 5.43. The number of cyclic esters (lactones) is 1. The summed E-state index contributed by atoms with van der Waals surface area (Å²) in [5.41, 5.74) is 1.32. The predicted molar refractivity (Wildman–Crippen MR) is 91.2 cm³/mol. The molecule has 4 nitrogen and oxygen atoms in total. The second-order valence-electron chi connectivity index (χ2n) is 8.17. The van der Waals surface area contributed by atoms with E-state index in [1.165, 1.54) is 5.57 Å². The summed E-state index contributed by atoms with van der Waals surface area (Å²) in [5, 5.41) is 9.95. The SMILES string of the molecule is C=C1CC[C@@H]2[C@@](C)(CCC(=O)[C@@]2(C)CO)[C@@H]1CCC1=CCOC1=O. The van der Waals surface area contributed by atoms with Crippen LogP contribution in [-0.2, 0) is 14.3 Å². The highest BCUT2D eigenvalue weighted by atomic mass is 16.5. The Morgan fingerprint density at radius 2 is 2.08 bits per heavy atom. The zero-order valence-corrected chi connectivity index (χ0v) is 14.8. The van der Waals surface area contributed by atoms with Crippen LogP contribution in [0.15, 0.2) is 23.8 Å². The topological polar surface area (TPSA) is 63.6 Å². The molecule has 4 heteroatoms. The summed E-state index contributed by atoms with van der Waals surface area (Å²) in [6.45, 7) is 8.80. The molecular formula is C20H28O4. The number of esters is 1. The molecule has 0 aromatic heterocycles. The molecule has 3 rings (SSSR count). The van der Waals surface area contributed by atoms with Gasteiger partial charge in [-0.15, -0.1) is 0 Å². The summed E-state index contributed by atoms with van der Waals surface area (Å²) in [7, 11) is 0. The molecule has 0 aromatic carbocycles. The second kappa shape index (κ2) is 6.14. The summed E-state index contributed by atoms with van der Waals surface area (Å²) in [6.07, 6.45) is 6.63. The van der Waals surface area contributed by atoms with Gasteiger partial charge in [-0.3, -0.25) is 4.79 Å². The molecule has 0 aromatic rings. The molecule has 0 bridgehead atoms. The number of hydrogen-bond acceptors (Lipinski definition) is 4. The van der Waals surface area contributed by atoms with Gasteiger partial charge in [0.15, 0.2) is 0 Å². The molecule has 0 spiro atoms. The molecule has 0 saturated heterocycles. The van der Waals surface area contributed by atoms with Crippen LogP contribution in [0.1, 0.15) is 52.4 Å². The molecule has 1 aliphatic heterocycles. The number of fused-ring (bicyclic) bond motifs is 1. The number of hydrogen-bond donors (Lipinski definition) is 1. The van der Waals surface area contributed by atoms with Crippen LogP contribution in [0.3, 0.4) is 0 Å². The molecule has 0 unspecified atom stereocenters. The van der Waals surface area contributed by atoms with E-state index in [0.717, 1.165) is 31.3 Å². The van der Waals surface area contributed by atoms with Crippen molar-refractivity contribution in [1.82, 2.24) is 0 Å². The van der Waals surface area contributed by atoms with Crippen LogP contribution >= 0.6 is 0 Å². The van der Waals surface area contributed by atoms with Crippen molar-refractivity contribution in [2.75, 3.05) is 13.2 Å². The van der Waals surface area contributed by atoms with Crippen molar-refractivity contribution in [2.24, 2.45) is 22.7 Å². The number of carbonyl (C=O) groups excluding carboxylic acids is 2. The quantitative estimate of drug-likeness (QED) is 0.634. The van der Waals surface area contributed by atoms with Crippen LogP contribution in [0.25, 0.3) is 0 Å². The summed E-state index contributed by atoms with van der Waals surface area (Å²) < 4.78 is 5.00. The van der Waals surface area contributed by atoms with Crippen molar-refractivity contribution in [2.45, 2.75) is 52.4 Å². The van der Waals surface area contributed by atoms with Crippen LogP contribution < -0.4 is 0 Å². The summed E-state index contributed by atoms with van der Waals surface area (Å²) in [6, 6.07) is 0. The largest absolute Gasteiger partial charge is 0.458 e. The van der Waals surface area contributed by atoms with Gasteiger partial charge in [0.2, 0.25) is 0 Å². The first kappa shape index (κ1) is 17.4. The Morgan fingerprint density at radius 3 is 2.71 bits per heavy atom. The minimum Gasteiger partial charge on any atom is -0.458 e. The Bertz CT molecular complexity index is 605. The van der Waals surface area contributed by atoms with E-state index in [9.17, 15) is 14.7 Å². The maximum atomic E-state index is 12.5. The zero-order chi connectivity index (χ0) is 17.5. The van der Waals surface area contributed by atoms with Crippen LogP contribution in [0.5, 0.6) is 0 Å². The lowest BCUT2D eigenvalue weighted by atomic mass is 9.46. The number of allylic oxidation sites excluding steroid dienone is 1. The lowest BCUT2D eigenvalue weighted by Crippen LogP contribution is -2.55. The first-order chi connectivity index (χ1) is 11.3. The predicted octanol–water partition coefficient (Wildman–Crippen LogP) is 3.20. The lowest BCUT2D eigenvalue weighted by molar-refractivity contribution is -0.151. The highest BCUT2D eigenvalue weighted by molar-refractivity contribution is 5.90. The zero-order valence-electron chi connectivity index (χ0n) is 14.8. The molecule has 24 heavy (non-hydrogen) atoms. The van der Waals surface area contributed by atoms with E-state index in [1.54, 1.807) is 0 Å². The molecule has 4 atom stereocenters.